The summed E-state index contributed by atoms with van der Waals surface area (Å²) in [7, 11) is 0. The molecule has 30 heavy (non-hydrogen) atoms. The Morgan fingerprint density at radius 2 is 2.00 bits per heavy atom. The van der Waals surface area contributed by atoms with E-state index in [0.29, 0.717) is 48.9 Å². The molecule has 0 spiro atoms. The molecule has 164 valence electrons. The van der Waals surface area contributed by atoms with E-state index in [1.807, 2.05) is 27.7 Å². The molecule has 0 radical (unpaired) electrons. The first-order valence-corrected chi connectivity index (χ1v) is 10.2. The van der Waals surface area contributed by atoms with Gasteiger partial charge < -0.3 is 21.3 Å². The van der Waals surface area contributed by atoms with Gasteiger partial charge in [-0.1, -0.05) is 33.8 Å². The van der Waals surface area contributed by atoms with Crippen LogP contribution >= 0.6 is 0 Å². The van der Waals surface area contributed by atoms with Crippen molar-refractivity contribution in [1.29, 1.82) is 0 Å². The molecular weight excluding hydrogens is 387 g/mol. The van der Waals surface area contributed by atoms with Gasteiger partial charge in [-0.3, -0.25) is 4.79 Å². The summed E-state index contributed by atoms with van der Waals surface area (Å²) in [6.45, 7) is 12.2. The van der Waals surface area contributed by atoms with E-state index in [-0.39, 0.29) is 11.6 Å². The molecule has 1 fully saturated rings. The molecule has 4 N–H and O–H groups in total. The number of rotatable bonds is 6. The maximum atomic E-state index is 13.6. The highest BCUT2D eigenvalue weighted by Gasteiger charge is 2.18. The number of carbonyl (C=O) groups is 2. The van der Waals surface area contributed by atoms with Crippen LogP contribution in [0, 0.1) is 12.7 Å². The second kappa shape index (κ2) is 12.4. The monoisotopic (exact) mass is 418 g/mol. The van der Waals surface area contributed by atoms with E-state index in [1.165, 1.54) is 12.1 Å². The Labute approximate surface area is 177 Å². The third-order valence-corrected chi connectivity index (χ3v) is 4.13. The first-order valence-electron chi connectivity index (χ1n) is 10.2. The minimum atomic E-state index is -0.827. The van der Waals surface area contributed by atoms with Crippen molar-refractivity contribution in [3.63, 3.8) is 0 Å². The summed E-state index contributed by atoms with van der Waals surface area (Å²) in [5.74, 6) is -1.06. The number of hydrogen-bond acceptors (Lipinski definition) is 5. The van der Waals surface area contributed by atoms with Gasteiger partial charge in [-0.05, 0) is 24.6 Å². The van der Waals surface area contributed by atoms with Gasteiger partial charge in [0.2, 0.25) is 5.95 Å². The average Bonchev–Trinajstić information content (AvgIpc) is 3.16. The largest absolute Gasteiger partial charge is 0.366 e. The summed E-state index contributed by atoms with van der Waals surface area (Å²) < 4.78 is 13.6. The summed E-state index contributed by atoms with van der Waals surface area (Å²) in [4.78, 5) is 33.1. The minimum Gasteiger partial charge on any atom is -0.366 e. The third kappa shape index (κ3) is 6.40. The summed E-state index contributed by atoms with van der Waals surface area (Å²) in [6.07, 6.45) is 1.60. The maximum Gasteiger partial charge on any atom is 0.317 e. The van der Waals surface area contributed by atoms with Gasteiger partial charge in [0.25, 0.3) is 5.91 Å². The summed E-state index contributed by atoms with van der Waals surface area (Å²) >= 11 is 0. The quantitative estimate of drug-likeness (QED) is 0.667. The van der Waals surface area contributed by atoms with Crippen LogP contribution in [0.5, 0.6) is 0 Å². The second-order valence-corrected chi connectivity index (χ2v) is 5.90. The number of aromatic nitrogens is 2. The van der Waals surface area contributed by atoms with E-state index in [0.717, 1.165) is 0 Å². The van der Waals surface area contributed by atoms with Crippen LogP contribution in [0.2, 0.25) is 0 Å². The van der Waals surface area contributed by atoms with E-state index < -0.39 is 11.7 Å². The van der Waals surface area contributed by atoms with E-state index in [2.05, 4.69) is 20.6 Å². The fraction of sp³-hybridized carbons (Fsp3) is 0.429. The molecule has 0 atom stereocenters. The zero-order chi connectivity index (χ0) is 22.7. The van der Waals surface area contributed by atoms with E-state index >= 15 is 0 Å². The number of nitrogens with two attached hydrogens (primary N) is 1. The fourth-order valence-corrected chi connectivity index (χ4v) is 2.74. The number of amides is 3. The molecule has 0 aliphatic carbocycles. The highest BCUT2D eigenvalue weighted by Crippen LogP contribution is 2.24. The molecule has 0 unspecified atom stereocenters. The Bertz CT molecular complexity index is 859. The van der Waals surface area contributed by atoms with E-state index in [9.17, 15) is 14.0 Å². The lowest BCUT2D eigenvalue weighted by atomic mass is 10.0. The number of hydrogen-bond donors (Lipinski definition) is 3. The number of halogens is 1. The average molecular weight is 419 g/mol. The van der Waals surface area contributed by atoms with Crippen molar-refractivity contribution in [3.8, 4) is 11.1 Å². The number of urea groups is 1. The topological polar surface area (TPSA) is 113 Å². The molecule has 1 saturated heterocycles. The van der Waals surface area contributed by atoms with Gasteiger partial charge in [-0.25, -0.2) is 19.2 Å². The van der Waals surface area contributed by atoms with E-state index in [1.54, 1.807) is 24.1 Å². The molecule has 2 aromatic rings. The molecule has 1 aromatic carbocycles. The van der Waals surface area contributed by atoms with Crippen molar-refractivity contribution in [3.05, 3.63) is 41.5 Å². The van der Waals surface area contributed by atoms with Crippen LogP contribution in [0.1, 0.15) is 43.7 Å². The molecule has 3 rings (SSSR count). The zero-order valence-electron chi connectivity index (χ0n) is 18.3. The van der Waals surface area contributed by atoms with Crippen LogP contribution in [-0.2, 0) is 0 Å². The van der Waals surface area contributed by atoms with Crippen LogP contribution in [0.15, 0.2) is 24.4 Å². The van der Waals surface area contributed by atoms with Gasteiger partial charge >= 0.3 is 6.03 Å². The van der Waals surface area contributed by atoms with Gasteiger partial charge in [0.1, 0.15) is 5.82 Å². The van der Waals surface area contributed by atoms with Crippen LogP contribution in [-0.4, -0.2) is 53.0 Å². The number of nitrogens with zero attached hydrogens (tertiary/aromatic N) is 3. The summed E-state index contributed by atoms with van der Waals surface area (Å²) in [6, 6.07) is 4.07. The van der Waals surface area contributed by atoms with Crippen molar-refractivity contribution in [2.45, 2.75) is 34.6 Å². The lowest BCUT2D eigenvalue weighted by Crippen LogP contribution is -2.32. The van der Waals surface area contributed by atoms with Gasteiger partial charge in [0.05, 0.1) is 11.3 Å². The van der Waals surface area contributed by atoms with Crippen LogP contribution in [0.25, 0.3) is 11.1 Å². The van der Waals surface area contributed by atoms with Crippen molar-refractivity contribution in [2.75, 3.05) is 31.5 Å². The van der Waals surface area contributed by atoms with Crippen molar-refractivity contribution in [2.24, 2.45) is 5.73 Å². The Kier molecular flexibility index (Phi) is 10.2. The minimum absolute atomic E-state index is 0.0687. The lowest BCUT2D eigenvalue weighted by Gasteiger charge is -2.14. The molecule has 2 heterocycles. The zero-order valence-corrected chi connectivity index (χ0v) is 18.3. The highest BCUT2D eigenvalue weighted by molar-refractivity contribution is 5.94. The van der Waals surface area contributed by atoms with Crippen LogP contribution in [0.3, 0.4) is 0 Å². The smallest absolute Gasteiger partial charge is 0.317 e. The molecule has 9 heteroatoms. The Morgan fingerprint density at radius 3 is 2.57 bits per heavy atom. The molecule has 0 saturated carbocycles. The Balaban J connectivity index is 0.00000106. The fourth-order valence-electron chi connectivity index (χ4n) is 2.74. The van der Waals surface area contributed by atoms with E-state index in [4.69, 9.17) is 5.73 Å². The van der Waals surface area contributed by atoms with Crippen LogP contribution < -0.4 is 16.4 Å². The maximum absolute atomic E-state index is 13.6. The number of nitrogens with one attached hydrogen (secondary N) is 2. The van der Waals surface area contributed by atoms with Crippen LogP contribution in [0.4, 0.5) is 15.1 Å². The van der Waals surface area contributed by atoms with Gasteiger partial charge in [0.15, 0.2) is 0 Å². The number of carbonyl (C=O) groups excluding carboxylic acids is 2. The van der Waals surface area contributed by atoms with Crippen molar-refractivity contribution >= 4 is 17.9 Å². The summed E-state index contributed by atoms with van der Waals surface area (Å²) in [5, 5.41) is 5.81. The van der Waals surface area contributed by atoms with Gasteiger partial charge in [-0.15, -0.1) is 0 Å². The molecule has 0 bridgehead atoms. The Hall–Kier alpha value is -3.23. The van der Waals surface area contributed by atoms with Gasteiger partial charge in [-0.2, -0.15) is 0 Å². The van der Waals surface area contributed by atoms with Gasteiger partial charge in [0, 0.05) is 37.9 Å². The predicted molar refractivity (Wildman–Crippen MR) is 117 cm³/mol. The van der Waals surface area contributed by atoms with Crippen molar-refractivity contribution < 1.29 is 14.0 Å². The Morgan fingerprint density at radius 1 is 1.30 bits per heavy atom. The second-order valence-electron chi connectivity index (χ2n) is 5.90. The molecule has 1 aliphatic heterocycles. The predicted octanol–water partition coefficient (Wildman–Crippen LogP) is 3.18. The first-order chi connectivity index (χ1) is 14.5. The standard InChI is InChI=1S/C17H19FN6O2.2C2H6/c1-10-13(11-2-3-14(18)12(8-11)15(19)25)9-22-16(23-10)20-4-6-24-7-5-21-17(24)26;2*1-2/h2-3,8-9H,4-7H2,1H3,(H2,19,25)(H,21,26)(H,20,22,23);2*1-2H3. The number of anilines is 1. The molecule has 8 nitrogen and oxygen atoms in total. The molecular formula is C21H31FN6O2. The third-order valence-electron chi connectivity index (χ3n) is 4.13. The lowest BCUT2D eigenvalue weighted by molar-refractivity contribution is 0.0996. The number of aryl methyl sites for hydroxylation is 1. The first kappa shape index (κ1) is 24.8. The normalized spacial score (nSPS) is 12.2. The number of primary amides is 1. The summed E-state index contributed by atoms with van der Waals surface area (Å²) in [5.41, 5.74) is 6.97. The SMILES string of the molecule is CC.CC.Cc1nc(NCCN2CCNC2=O)ncc1-c1ccc(F)c(C(N)=O)c1. The molecule has 3 amide bonds. The molecule has 1 aromatic heterocycles. The molecule has 1 aliphatic rings. The highest BCUT2D eigenvalue weighted by atomic mass is 19.1. The number of benzene rings is 1. The van der Waals surface area contributed by atoms with Crippen molar-refractivity contribution in [1.82, 2.24) is 20.2 Å².